The van der Waals surface area contributed by atoms with E-state index < -0.39 is 24.0 Å². The number of aromatic amines is 1. The first-order valence-corrected chi connectivity index (χ1v) is 11.4. The highest BCUT2D eigenvalue weighted by Crippen LogP contribution is 2.37. The molecule has 1 aromatic carbocycles. The summed E-state index contributed by atoms with van der Waals surface area (Å²) in [5, 5.41) is 28.4. The molecule has 186 valence electrons. The Hall–Kier alpha value is -3.31. The lowest BCUT2D eigenvalue weighted by molar-refractivity contribution is -0.141. The zero-order valence-electron chi connectivity index (χ0n) is 19.9. The van der Waals surface area contributed by atoms with Gasteiger partial charge in [-0.25, -0.2) is 4.98 Å². The molecule has 3 aromatic heterocycles. The number of halogens is 3. The third-order valence-corrected chi connectivity index (χ3v) is 6.03. The van der Waals surface area contributed by atoms with E-state index in [1.54, 1.807) is 20.2 Å². The molecule has 0 radical (unpaired) electrons. The first-order valence-electron chi connectivity index (χ1n) is 11.4. The molecule has 0 bridgehead atoms. The van der Waals surface area contributed by atoms with Crippen LogP contribution in [0.25, 0.3) is 22.2 Å². The predicted octanol–water partition coefficient (Wildman–Crippen LogP) is 4.35. The number of nitrogens with one attached hydrogen (secondary N) is 2. The average molecular weight is 488 g/mol. The van der Waals surface area contributed by atoms with E-state index in [4.69, 9.17) is 0 Å². The fraction of sp³-hybridized carbons (Fsp3) is 0.417. The van der Waals surface area contributed by atoms with E-state index in [0.29, 0.717) is 22.2 Å². The van der Waals surface area contributed by atoms with Gasteiger partial charge in [0.2, 0.25) is 0 Å². The summed E-state index contributed by atoms with van der Waals surface area (Å²) in [5.74, 6) is 0.778. The van der Waals surface area contributed by atoms with Crippen molar-refractivity contribution < 1.29 is 18.3 Å². The van der Waals surface area contributed by atoms with Crippen molar-refractivity contribution in [3.63, 3.8) is 0 Å². The molecule has 4 rings (SSSR count). The largest absolute Gasteiger partial charge is 0.433 e. The van der Waals surface area contributed by atoms with E-state index in [1.807, 2.05) is 42.8 Å². The highest BCUT2D eigenvalue weighted by molar-refractivity contribution is 5.94. The van der Waals surface area contributed by atoms with Crippen molar-refractivity contribution in [1.29, 1.82) is 0 Å². The summed E-state index contributed by atoms with van der Waals surface area (Å²) in [6.45, 7) is 5.56. The van der Waals surface area contributed by atoms with Crippen molar-refractivity contribution in [2.24, 2.45) is 7.05 Å². The Morgan fingerprint density at radius 2 is 1.97 bits per heavy atom. The molecule has 1 unspecified atom stereocenters. The Kier molecular flexibility index (Phi) is 6.91. The number of aliphatic hydroxyl groups is 1. The SMILES string of the molecule is CCC(c1cccc(-c2n[nH]c3c([C@H](C)NC[C@H](C)O)nc(C(F)(F)F)cc23)c1)c1nncn1C. The van der Waals surface area contributed by atoms with Crippen molar-refractivity contribution in [2.75, 3.05) is 6.54 Å². The number of aliphatic hydroxyl groups excluding tert-OH is 1. The highest BCUT2D eigenvalue weighted by atomic mass is 19.4. The van der Waals surface area contributed by atoms with Crippen LogP contribution in [-0.2, 0) is 13.2 Å². The van der Waals surface area contributed by atoms with Crippen LogP contribution in [0.5, 0.6) is 0 Å². The predicted molar refractivity (Wildman–Crippen MR) is 126 cm³/mol. The first kappa shape index (κ1) is 24.8. The topological polar surface area (TPSA) is 105 Å². The molecule has 0 fully saturated rings. The molecular formula is C24H28F3N7O. The summed E-state index contributed by atoms with van der Waals surface area (Å²) in [6, 6.07) is 8.08. The van der Waals surface area contributed by atoms with Gasteiger partial charge in [-0.15, -0.1) is 10.2 Å². The second-order valence-corrected chi connectivity index (χ2v) is 8.75. The molecule has 4 aromatic rings. The number of hydrogen-bond donors (Lipinski definition) is 3. The monoisotopic (exact) mass is 487 g/mol. The summed E-state index contributed by atoms with van der Waals surface area (Å²) in [7, 11) is 1.88. The fourth-order valence-electron chi connectivity index (χ4n) is 4.24. The van der Waals surface area contributed by atoms with Gasteiger partial charge in [0.25, 0.3) is 0 Å². The molecule has 0 aliphatic heterocycles. The van der Waals surface area contributed by atoms with Gasteiger partial charge >= 0.3 is 6.18 Å². The summed E-state index contributed by atoms with van der Waals surface area (Å²) in [6.07, 6.45) is -2.86. The molecule has 8 nitrogen and oxygen atoms in total. The lowest BCUT2D eigenvalue weighted by Gasteiger charge is -2.17. The Labute approximate surface area is 200 Å². The van der Waals surface area contributed by atoms with Crippen molar-refractivity contribution in [3.05, 3.63) is 59.4 Å². The van der Waals surface area contributed by atoms with Crippen molar-refractivity contribution in [1.82, 2.24) is 35.3 Å². The van der Waals surface area contributed by atoms with Crippen LogP contribution in [0.3, 0.4) is 0 Å². The molecule has 35 heavy (non-hydrogen) atoms. The van der Waals surface area contributed by atoms with Gasteiger partial charge in [-0.3, -0.25) is 5.10 Å². The number of nitrogens with zero attached hydrogens (tertiary/aromatic N) is 5. The van der Waals surface area contributed by atoms with Gasteiger partial charge in [0.1, 0.15) is 23.5 Å². The number of aromatic nitrogens is 6. The number of hydrogen-bond acceptors (Lipinski definition) is 6. The Bertz CT molecular complexity index is 1310. The molecule has 0 aliphatic carbocycles. The molecular weight excluding hydrogens is 459 g/mol. The van der Waals surface area contributed by atoms with Crippen LogP contribution in [0.15, 0.2) is 36.7 Å². The van der Waals surface area contributed by atoms with Crippen LogP contribution in [0, 0.1) is 0 Å². The molecule has 3 atom stereocenters. The number of rotatable bonds is 8. The summed E-state index contributed by atoms with van der Waals surface area (Å²) < 4.78 is 43.1. The van der Waals surface area contributed by atoms with Gasteiger partial charge in [0.05, 0.1) is 17.3 Å². The smallest absolute Gasteiger partial charge is 0.392 e. The fourth-order valence-corrected chi connectivity index (χ4v) is 4.24. The Morgan fingerprint density at radius 1 is 1.20 bits per heavy atom. The zero-order chi connectivity index (χ0) is 25.3. The van der Waals surface area contributed by atoms with Crippen LogP contribution in [0.1, 0.15) is 61.9 Å². The van der Waals surface area contributed by atoms with Crippen LogP contribution < -0.4 is 5.32 Å². The minimum absolute atomic E-state index is 0.0275. The maximum Gasteiger partial charge on any atom is 0.433 e. The quantitative estimate of drug-likeness (QED) is 0.341. The number of H-pyrrole nitrogens is 1. The van der Waals surface area contributed by atoms with Gasteiger partial charge < -0.3 is 15.0 Å². The maximum atomic E-state index is 13.8. The summed E-state index contributed by atoms with van der Waals surface area (Å²) >= 11 is 0. The molecule has 0 aliphatic rings. The standard InChI is InChI=1S/C24H28F3N7O/c1-5-17(23-33-29-12-34(23)4)15-7-6-8-16(9-15)21-18-10-19(24(25,26)27)30-20(22(18)32-31-21)14(3)28-11-13(2)35/h6-10,12-14,17,28,35H,5,11H2,1-4H3,(H,31,32)/t13-,14-,17?/m0/s1. The minimum atomic E-state index is -4.62. The summed E-state index contributed by atoms with van der Waals surface area (Å²) in [5.41, 5.74) is 1.68. The van der Waals surface area contributed by atoms with Crippen LogP contribution in [0.2, 0.25) is 0 Å². The van der Waals surface area contributed by atoms with E-state index in [1.165, 1.54) is 0 Å². The Morgan fingerprint density at radius 3 is 2.60 bits per heavy atom. The van der Waals surface area contributed by atoms with E-state index in [0.717, 1.165) is 23.9 Å². The molecule has 0 saturated carbocycles. The first-order chi connectivity index (χ1) is 16.6. The van der Waals surface area contributed by atoms with Crippen LogP contribution in [-0.4, -0.2) is 47.7 Å². The molecule has 0 amide bonds. The number of benzene rings is 1. The van der Waals surface area contributed by atoms with Gasteiger partial charge in [0.15, 0.2) is 0 Å². The Balaban J connectivity index is 1.82. The number of pyridine rings is 1. The van der Waals surface area contributed by atoms with Gasteiger partial charge in [-0.2, -0.15) is 18.3 Å². The molecule has 3 N–H and O–H groups in total. The average Bonchev–Trinajstić information content (AvgIpc) is 3.43. The molecule has 3 heterocycles. The summed E-state index contributed by atoms with van der Waals surface area (Å²) in [4.78, 5) is 3.90. The highest BCUT2D eigenvalue weighted by Gasteiger charge is 2.35. The third kappa shape index (κ3) is 5.06. The zero-order valence-corrected chi connectivity index (χ0v) is 19.9. The lowest BCUT2D eigenvalue weighted by Crippen LogP contribution is -2.28. The normalized spacial score (nSPS) is 14.9. The number of alkyl halides is 3. The van der Waals surface area contributed by atoms with Crippen molar-refractivity contribution >= 4 is 10.9 Å². The van der Waals surface area contributed by atoms with Crippen molar-refractivity contribution in [2.45, 2.75) is 51.4 Å². The van der Waals surface area contributed by atoms with Crippen molar-refractivity contribution in [3.8, 4) is 11.3 Å². The number of fused-ring (bicyclic) bond motifs is 1. The van der Waals surface area contributed by atoms with Gasteiger partial charge in [0, 0.05) is 36.5 Å². The van der Waals surface area contributed by atoms with Gasteiger partial charge in [-0.05, 0) is 38.0 Å². The van der Waals surface area contributed by atoms with E-state index >= 15 is 0 Å². The minimum Gasteiger partial charge on any atom is -0.392 e. The second kappa shape index (κ2) is 9.74. The molecule has 0 spiro atoms. The van der Waals surface area contributed by atoms with Crippen LogP contribution in [0.4, 0.5) is 13.2 Å². The van der Waals surface area contributed by atoms with E-state index in [-0.39, 0.29) is 18.2 Å². The molecule has 0 saturated heterocycles. The van der Waals surface area contributed by atoms with Gasteiger partial charge in [-0.1, -0.05) is 25.1 Å². The second-order valence-electron chi connectivity index (χ2n) is 8.75. The maximum absolute atomic E-state index is 13.8. The number of aryl methyl sites for hydroxylation is 1. The van der Waals surface area contributed by atoms with E-state index in [9.17, 15) is 18.3 Å². The third-order valence-electron chi connectivity index (χ3n) is 6.03. The van der Waals surface area contributed by atoms with Crippen LogP contribution >= 0.6 is 0 Å². The van der Waals surface area contributed by atoms with E-state index in [2.05, 4.69) is 30.7 Å². The molecule has 11 heteroatoms. The lowest BCUT2D eigenvalue weighted by atomic mass is 9.93.